The van der Waals surface area contributed by atoms with Crippen molar-refractivity contribution in [2.24, 2.45) is 0 Å². The van der Waals surface area contributed by atoms with Gasteiger partial charge in [0.2, 0.25) is 13.1 Å². The molecule has 7 nitrogen and oxygen atoms in total. The molecule has 9 heteroatoms. The molecule has 1 saturated heterocycles. The lowest BCUT2D eigenvalue weighted by molar-refractivity contribution is 0.0954. The lowest BCUT2D eigenvalue weighted by Crippen LogP contribution is -2.32. The summed E-state index contributed by atoms with van der Waals surface area (Å²) in [4.78, 5) is 29.0. The summed E-state index contributed by atoms with van der Waals surface area (Å²) in [6.45, 7) is 3.00. The van der Waals surface area contributed by atoms with Crippen LogP contribution in [-0.4, -0.2) is 36.7 Å². The van der Waals surface area contributed by atoms with Crippen LogP contribution in [0.4, 0.5) is 14.2 Å². The van der Waals surface area contributed by atoms with E-state index >= 15 is 0 Å². The molecule has 3 heterocycles. The molecule has 1 fully saturated rings. The molecule has 3 amide bonds. The number of carbonyl (C=O) groups excluding carboxylic acids is 2. The molecular weight excluding hydrogens is 445 g/mol. The number of amides is 3. The third-order valence-corrected chi connectivity index (χ3v) is 6.92. The molecule has 0 radical (unpaired) electrons. The summed E-state index contributed by atoms with van der Waals surface area (Å²) in [5, 5.41) is 3.55. The highest BCUT2D eigenvalue weighted by Crippen LogP contribution is 2.35. The summed E-state index contributed by atoms with van der Waals surface area (Å²) in [5.41, 5.74) is 2.10. The Kier molecular flexibility index (Phi) is 5.63. The minimum atomic E-state index is -1.51. The summed E-state index contributed by atoms with van der Waals surface area (Å²) in [5.74, 6) is 1.13. The van der Waals surface area contributed by atoms with E-state index in [0.29, 0.717) is 40.0 Å². The Morgan fingerprint density at radius 3 is 2.73 bits per heavy atom. The fraction of sp³-hybridized carbons (Fsp3) is 0.250. The molecule has 0 bridgehead atoms. The van der Waals surface area contributed by atoms with E-state index in [9.17, 15) is 14.0 Å². The summed E-state index contributed by atoms with van der Waals surface area (Å²) in [6, 6.07) is 15.6. The molecule has 0 aliphatic carbocycles. The zero-order chi connectivity index (χ0) is 22.9. The van der Waals surface area contributed by atoms with Crippen LogP contribution < -0.4 is 19.7 Å². The number of nitrogens with one attached hydrogen (secondary N) is 1. The van der Waals surface area contributed by atoms with Gasteiger partial charge in [0, 0.05) is 25.2 Å². The van der Waals surface area contributed by atoms with Gasteiger partial charge in [-0.1, -0.05) is 36.4 Å². The van der Waals surface area contributed by atoms with Crippen LogP contribution in [-0.2, 0) is 6.54 Å². The molecule has 2 aliphatic heterocycles. The summed E-state index contributed by atoms with van der Waals surface area (Å²) in [6.07, 6.45) is -1.51. The van der Waals surface area contributed by atoms with E-state index < -0.39 is 12.3 Å². The highest BCUT2D eigenvalue weighted by atomic mass is 32.1. The first kappa shape index (κ1) is 21.3. The molecular formula is C24H22FN3O4S. The number of anilines is 1. The fourth-order valence-corrected chi connectivity index (χ4v) is 5.01. The molecule has 1 unspecified atom stereocenters. The molecule has 2 aliphatic rings. The summed E-state index contributed by atoms with van der Waals surface area (Å²) >= 11 is 1.23. The number of carbonyl (C=O) groups is 2. The number of aryl methyl sites for hydroxylation is 1. The van der Waals surface area contributed by atoms with Gasteiger partial charge in [-0.15, -0.1) is 11.3 Å². The molecule has 1 atom stereocenters. The van der Waals surface area contributed by atoms with Crippen LogP contribution in [0.15, 0.2) is 54.6 Å². The minimum absolute atomic E-state index is 0.198. The molecule has 0 saturated carbocycles. The Bertz CT molecular complexity index is 1200. The number of fused-ring (bicyclic) bond motifs is 1. The van der Waals surface area contributed by atoms with Crippen LogP contribution in [0.1, 0.15) is 32.7 Å². The molecule has 0 spiro atoms. The fourth-order valence-electron chi connectivity index (χ4n) is 3.90. The number of rotatable bonds is 6. The molecule has 170 valence electrons. The topological polar surface area (TPSA) is 71.1 Å². The van der Waals surface area contributed by atoms with E-state index in [-0.39, 0.29) is 19.2 Å². The van der Waals surface area contributed by atoms with Crippen LogP contribution in [0, 0.1) is 6.92 Å². The van der Waals surface area contributed by atoms with Crippen molar-refractivity contribution in [3.8, 4) is 11.5 Å². The first-order valence-corrected chi connectivity index (χ1v) is 11.4. The maximum absolute atomic E-state index is 14.9. The van der Waals surface area contributed by atoms with Crippen LogP contribution in [0.2, 0.25) is 0 Å². The number of hydrogen-bond donors (Lipinski definition) is 1. The molecule has 5 rings (SSSR count). The van der Waals surface area contributed by atoms with Crippen molar-refractivity contribution in [1.29, 1.82) is 0 Å². The number of hydrogen-bond acceptors (Lipinski definition) is 5. The van der Waals surface area contributed by atoms with E-state index in [2.05, 4.69) is 5.32 Å². The average Bonchev–Trinajstić information content (AvgIpc) is 3.55. The minimum Gasteiger partial charge on any atom is -0.454 e. The number of urea groups is 1. The van der Waals surface area contributed by atoms with Crippen LogP contribution in [0.25, 0.3) is 0 Å². The van der Waals surface area contributed by atoms with Gasteiger partial charge in [0.25, 0.3) is 5.91 Å². The number of alkyl halides is 1. The quantitative estimate of drug-likeness (QED) is 0.537. The smallest absolute Gasteiger partial charge is 0.327 e. The second-order valence-electron chi connectivity index (χ2n) is 7.84. The Hall–Kier alpha value is -3.59. The predicted molar refractivity (Wildman–Crippen MR) is 123 cm³/mol. The van der Waals surface area contributed by atoms with Crippen LogP contribution in [0.3, 0.4) is 0 Å². The summed E-state index contributed by atoms with van der Waals surface area (Å²) < 4.78 is 25.6. The maximum atomic E-state index is 14.9. The van der Waals surface area contributed by atoms with Crippen molar-refractivity contribution >= 4 is 28.3 Å². The lowest BCUT2D eigenvalue weighted by Gasteiger charge is -2.21. The zero-order valence-electron chi connectivity index (χ0n) is 17.9. The van der Waals surface area contributed by atoms with Crippen molar-refractivity contribution in [1.82, 2.24) is 10.2 Å². The van der Waals surface area contributed by atoms with E-state index in [0.717, 1.165) is 11.1 Å². The highest BCUT2D eigenvalue weighted by molar-refractivity contribution is 7.18. The van der Waals surface area contributed by atoms with E-state index in [1.165, 1.54) is 21.1 Å². The number of nitrogens with zero attached hydrogens (tertiary/aromatic N) is 2. The predicted octanol–water partition coefficient (Wildman–Crippen LogP) is 4.63. The number of thiophene rings is 1. The first-order valence-electron chi connectivity index (χ1n) is 10.6. The Morgan fingerprint density at radius 2 is 1.91 bits per heavy atom. The third-order valence-electron chi connectivity index (χ3n) is 5.66. The zero-order valence-corrected chi connectivity index (χ0v) is 18.7. The maximum Gasteiger partial charge on any atom is 0.327 e. The normalized spacial score (nSPS) is 15.8. The monoisotopic (exact) mass is 467 g/mol. The highest BCUT2D eigenvalue weighted by Gasteiger charge is 2.36. The van der Waals surface area contributed by atoms with Gasteiger partial charge >= 0.3 is 6.03 Å². The second kappa shape index (κ2) is 8.74. The number of halogens is 1. The van der Waals surface area contributed by atoms with Gasteiger partial charge in [0.15, 0.2) is 11.5 Å². The van der Waals surface area contributed by atoms with Gasteiger partial charge < -0.3 is 14.8 Å². The molecule has 1 N–H and O–H groups in total. The van der Waals surface area contributed by atoms with Crippen molar-refractivity contribution in [3.63, 3.8) is 0 Å². The van der Waals surface area contributed by atoms with E-state index in [4.69, 9.17) is 9.47 Å². The van der Waals surface area contributed by atoms with Crippen LogP contribution in [0.5, 0.6) is 11.5 Å². The van der Waals surface area contributed by atoms with Gasteiger partial charge in [-0.2, -0.15) is 0 Å². The van der Waals surface area contributed by atoms with E-state index in [1.54, 1.807) is 30.3 Å². The lowest BCUT2D eigenvalue weighted by atomic mass is 10.2. The van der Waals surface area contributed by atoms with Gasteiger partial charge in [0.05, 0.1) is 4.88 Å². The molecule has 2 aromatic carbocycles. The second-order valence-corrected chi connectivity index (χ2v) is 8.87. The molecule has 1 aromatic heterocycles. The molecule has 33 heavy (non-hydrogen) atoms. The van der Waals surface area contributed by atoms with Crippen molar-refractivity contribution in [2.75, 3.05) is 24.8 Å². The standard InChI is InChI=1S/C24H22FN3O4S/c1-15-11-20(27-9-10-28(24(27)30)22(25)17-5-3-2-4-6-17)33-21(15)23(29)26-13-16-7-8-18-19(12-16)32-14-31-18/h2-8,11-12,22H,9-10,13-14H2,1H3,(H,26,29). The summed E-state index contributed by atoms with van der Waals surface area (Å²) in [7, 11) is 0. The van der Waals surface area contributed by atoms with Gasteiger partial charge in [-0.25, -0.2) is 9.18 Å². The number of benzene rings is 2. The van der Waals surface area contributed by atoms with Gasteiger partial charge in [-0.3, -0.25) is 14.6 Å². The first-order chi connectivity index (χ1) is 16.0. The largest absolute Gasteiger partial charge is 0.454 e. The third kappa shape index (κ3) is 4.11. The van der Waals surface area contributed by atoms with Gasteiger partial charge in [0.1, 0.15) is 5.00 Å². The SMILES string of the molecule is Cc1cc(N2CCN(C(F)c3ccccc3)C2=O)sc1C(=O)NCc1ccc2c(c1)OCO2. The Balaban J connectivity index is 1.25. The Labute approximate surface area is 194 Å². The number of ether oxygens (including phenoxy) is 2. The van der Waals surface area contributed by atoms with Crippen molar-refractivity contribution in [2.45, 2.75) is 19.8 Å². The van der Waals surface area contributed by atoms with Gasteiger partial charge in [-0.05, 0) is 36.2 Å². The van der Waals surface area contributed by atoms with E-state index in [1.807, 2.05) is 31.2 Å². The molecule has 3 aromatic rings. The van der Waals surface area contributed by atoms with Crippen LogP contribution >= 0.6 is 11.3 Å². The Morgan fingerprint density at radius 1 is 1.12 bits per heavy atom. The van der Waals surface area contributed by atoms with Crippen molar-refractivity contribution in [3.05, 3.63) is 76.2 Å². The van der Waals surface area contributed by atoms with Crippen molar-refractivity contribution < 1.29 is 23.5 Å². The average molecular weight is 468 g/mol.